The summed E-state index contributed by atoms with van der Waals surface area (Å²) >= 11 is 3.39. The molecule has 9 nitrogen and oxygen atoms in total. The Morgan fingerprint density at radius 1 is 1.19 bits per heavy atom. The largest absolute Gasteiger partial charge is 0.496 e. The molecule has 0 saturated carbocycles. The second-order valence-corrected chi connectivity index (χ2v) is 6.40. The summed E-state index contributed by atoms with van der Waals surface area (Å²) in [5.41, 5.74) is 4.59. The molecular weight excluding hydrogens is 432 g/mol. The number of nitrogens with one attached hydrogen (secondary N) is 1. The minimum absolute atomic E-state index is 0.234. The lowest BCUT2D eigenvalue weighted by atomic mass is 10.2. The Kier molecular flexibility index (Phi) is 8.19. The second kappa shape index (κ2) is 9.87. The number of nitrogens with zero attached hydrogens (tertiary/aromatic N) is 1. The van der Waals surface area contributed by atoms with Gasteiger partial charge in [0.2, 0.25) is 0 Å². The summed E-state index contributed by atoms with van der Waals surface area (Å²) in [7, 11) is -3.07. The minimum Gasteiger partial charge on any atom is -0.496 e. The molecule has 0 aliphatic rings. The molecule has 0 fully saturated rings. The van der Waals surface area contributed by atoms with Gasteiger partial charge < -0.3 is 9.84 Å². The molecule has 0 atom stereocenters. The number of rotatable bonds is 5. The quantitative estimate of drug-likeness (QED) is 0.311. The van der Waals surface area contributed by atoms with Gasteiger partial charge in [0.25, 0.3) is 0 Å². The van der Waals surface area contributed by atoms with Crippen LogP contribution in [0.5, 0.6) is 5.75 Å². The number of hydrazone groups is 1. The van der Waals surface area contributed by atoms with E-state index < -0.39 is 16.4 Å². The Morgan fingerprint density at radius 3 is 2.27 bits per heavy atom. The lowest BCUT2D eigenvalue weighted by Gasteiger charge is -2.05. The van der Waals surface area contributed by atoms with Gasteiger partial charge in [0, 0.05) is 10.0 Å². The molecule has 0 amide bonds. The fourth-order valence-electron chi connectivity index (χ4n) is 1.67. The highest BCUT2D eigenvalue weighted by Gasteiger charge is 2.02. The summed E-state index contributed by atoms with van der Waals surface area (Å²) in [6.45, 7) is 0. The van der Waals surface area contributed by atoms with E-state index in [9.17, 15) is 4.79 Å². The summed E-state index contributed by atoms with van der Waals surface area (Å²) in [4.78, 5) is 10.7. The van der Waals surface area contributed by atoms with Crippen LogP contribution in [0.1, 0.15) is 15.9 Å². The number of anilines is 1. The number of carbonyl (C=O) groups is 1. The first-order valence-corrected chi connectivity index (χ1v) is 8.95. The summed E-state index contributed by atoms with van der Waals surface area (Å²) in [5, 5.41) is 12.9. The number of hydrogen-bond donors (Lipinski definition) is 4. The molecule has 0 unspecified atom stereocenters. The molecule has 0 bridgehead atoms. The molecule has 2 aromatic carbocycles. The maximum Gasteiger partial charge on any atom is 0.394 e. The van der Waals surface area contributed by atoms with Crippen LogP contribution in [0.25, 0.3) is 0 Å². The molecule has 0 aromatic heterocycles. The fraction of sp³-hybridized carbons (Fsp3) is 0.0667. The van der Waals surface area contributed by atoms with Crippen LogP contribution >= 0.6 is 15.9 Å². The lowest BCUT2D eigenvalue weighted by Crippen LogP contribution is -1.97. The van der Waals surface area contributed by atoms with Crippen LogP contribution in [0, 0.1) is 0 Å². The molecule has 140 valence electrons. The second-order valence-electron chi connectivity index (χ2n) is 4.59. The number of benzene rings is 2. The molecule has 11 heteroatoms. The molecule has 0 radical (unpaired) electrons. The van der Waals surface area contributed by atoms with Gasteiger partial charge in [-0.05, 0) is 42.5 Å². The molecular formula is C15H15BrN2O7S. The molecule has 0 heterocycles. The first-order valence-electron chi connectivity index (χ1n) is 6.76. The predicted octanol–water partition coefficient (Wildman–Crippen LogP) is 2.95. The maximum atomic E-state index is 10.7. The van der Waals surface area contributed by atoms with Gasteiger partial charge in [0.05, 0.1) is 24.6 Å². The van der Waals surface area contributed by atoms with Crippen LogP contribution in [0.4, 0.5) is 5.69 Å². The van der Waals surface area contributed by atoms with Crippen molar-refractivity contribution in [2.75, 3.05) is 12.5 Å². The smallest absolute Gasteiger partial charge is 0.394 e. The third-order valence-corrected chi connectivity index (χ3v) is 3.21. The third kappa shape index (κ3) is 8.58. The van der Waals surface area contributed by atoms with E-state index >= 15 is 0 Å². The van der Waals surface area contributed by atoms with E-state index in [0.29, 0.717) is 11.4 Å². The Bertz CT molecular complexity index is 875. The molecule has 0 aliphatic heterocycles. The van der Waals surface area contributed by atoms with Crippen molar-refractivity contribution in [3.63, 3.8) is 0 Å². The predicted molar refractivity (Wildman–Crippen MR) is 99.5 cm³/mol. The number of aromatic carboxylic acids is 1. The lowest BCUT2D eigenvalue weighted by molar-refractivity contribution is 0.0697. The number of hydrogen-bond acceptors (Lipinski definition) is 6. The first-order chi connectivity index (χ1) is 12.1. The van der Waals surface area contributed by atoms with Gasteiger partial charge in [0.1, 0.15) is 5.75 Å². The van der Waals surface area contributed by atoms with E-state index in [-0.39, 0.29) is 5.56 Å². The summed E-state index contributed by atoms with van der Waals surface area (Å²) < 4.78 is 37.7. The molecule has 0 saturated heterocycles. The van der Waals surface area contributed by atoms with Crippen molar-refractivity contribution in [1.29, 1.82) is 0 Å². The van der Waals surface area contributed by atoms with Crippen molar-refractivity contribution in [2.45, 2.75) is 0 Å². The summed E-state index contributed by atoms with van der Waals surface area (Å²) in [5.74, 6) is -0.242. The average Bonchev–Trinajstić information content (AvgIpc) is 2.54. The number of methoxy groups -OCH3 is 1. The van der Waals surface area contributed by atoms with Crippen molar-refractivity contribution in [1.82, 2.24) is 0 Å². The SMILES string of the molecule is COc1ccc(Br)cc1/C=N/Nc1ccc(C(=O)O)cc1.O=S(=O)(O)O. The van der Waals surface area contributed by atoms with E-state index in [1.54, 1.807) is 25.5 Å². The Hall–Kier alpha value is -2.47. The van der Waals surface area contributed by atoms with Crippen LogP contribution in [0.15, 0.2) is 52.0 Å². The number of ether oxygens (including phenoxy) is 1. The van der Waals surface area contributed by atoms with Gasteiger partial charge in [-0.3, -0.25) is 14.5 Å². The van der Waals surface area contributed by atoms with Gasteiger partial charge in [-0.2, -0.15) is 13.5 Å². The molecule has 26 heavy (non-hydrogen) atoms. The van der Waals surface area contributed by atoms with Crippen molar-refractivity contribution < 1.29 is 32.2 Å². The topological polar surface area (TPSA) is 146 Å². The zero-order chi connectivity index (χ0) is 19.7. The third-order valence-electron chi connectivity index (χ3n) is 2.72. The minimum atomic E-state index is -4.67. The van der Waals surface area contributed by atoms with Crippen molar-refractivity contribution in [2.24, 2.45) is 5.10 Å². The number of carboxylic acids is 1. The highest BCUT2D eigenvalue weighted by Crippen LogP contribution is 2.21. The van der Waals surface area contributed by atoms with Crippen LogP contribution in [-0.2, 0) is 10.4 Å². The zero-order valence-corrected chi connectivity index (χ0v) is 15.7. The summed E-state index contributed by atoms with van der Waals surface area (Å²) in [6, 6.07) is 11.9. The van der Waals surface area contributed by atoms with Crippen molar-refractivity contribution in [3.8, 4) is 5.75 Å². The van der Waals surface area contributed by atoms with E-state index in [1.165, 1.54) is 12.1 Å². The Morgan fingerprint density at radius 2 is 1.77 bits per heavy atom. The Balaban J connectivity index is 0.000000597. The van der Waals surface area contributed by atoms with Crippen molar-refractivity contribution in [3.05, 3.63) is 58.1 Å². The average molecular weight is 447 g/mol. The van der Waals surface area contributed by atoms with Crippen LogP contribution in [0.2, 0.25) is 0 Å². The van der Waals surface area contributed by atoms with E-state index in [4.69, 9.17) is 27.4 Å². The van der Waals surface area contributed by atoms with Crippen LogP contribution in [-0.4, -0.2) is 41.9 Å². The normalized spacial score (nSPS) is 10.8. The van der Waals surface area contributed by atoms with Gasteiger partial charge in [0.15, 0.2) is 0 Å². The highest BCUT2D eigenvalue weighted by molar-refractivity contribution is 9.10. The molecule has 2 rings (SSSR count). The van der Waals surface area contributed by atoms with E-state index in [0.717, 1.165) is 10.0 Å². The van der Waals surface area contributed by atoms with Gasteiger partial charge in [-0.15, -0.1) is 0 Å². The number of carboxylic acid groups (broad SMARTS) is 1. The van der Waals surface area contributed by atoms with Crippen molar-refractivity contribution >= 4 is 44.2 Å². The molecule has 2 aromatic rings. The Labute approximate surface area is 158 Å². The van der Waals surface area contributed by atoms with E-state index in [2.05, 4.69) is 26.5 Å². The van der Waals surface area contributed by atoms with Gasteiger partial charge >= 0.3 is 16.4 Å². The summed E-state index contributed by atoms with van der Waals surface area (Å²) in [6.07, 6.45) is 1.63. The zero-order valence-electron chi connectivity index (χ0n) is 13.3. The van der Waals surface area contributed by atoms with Crippen LogP contribution in [0.3, 0.4) is 0 Å². The highest BCUT2D eigenvalue weighted by atomic mass is 79.9. The van der Waals surface area contributed by atoms with E-state index in [1.807, 2.05) is 18.2 Å². The van der Waals surface area contributed by atoms with Gasteiger partial charge in [-0.1, -0.05) is 15.9 Å². The van der Waals surface area contributed by atoms with Crippen LogP contribution < -0.4 is 10.2 Å². The van der Waals surface area contributed by atoms with Gasteiger partial charge in [-0.25, -0.2) is 4.79 Å². The first kappa shape index (κ1) is 21.6. The molecule has 0 spiro atoms. The monoisotopic (exact) mass is 446 g/mol. The maximum absolute atomic E-state index is 10.7. The standard InChI is InChI=1S/C15H13BrN2O3.H2O4S/c1-21-14-7-4-12(16)8-11(14)9-17-18-13-5-2-10(3-6-13)15(19)20;1-5(2,3)4/h2-9,18H,1H3,(H,19,20);(H2,1,2,3,4)/b17-9+;. The molecule has 4 N–H and O–H groups in total. The molecule has 0 aliphatic carbocycles. The number of halogens is 1. The fourth-order valence-corrected chi connectivity index (χ4v) is 2.05.